The molecular formula is C14H13BrN4O. The highest BCUT2D eigenvalue weighted by molar-refractivity contribution is 9.10. The first kappa shape index (κ1) is 13.1. The first-order valence-electron chi connectivity index (χ1n) is 6.14. The van der Waals surface area contributed by atoms with Crippen molar-refractivity contribution in [3.63, 3.8) is 0 Å². The van der Waals surface area contributed by atoms with Crippen molar-refractivity contribution in [2.24, 2.45) is 14.1 Å². The van der Waals surface area contributed by atoms with E-state index in [1.807, 2.05) is 38.4 Å². The van der Waals surface area contributed by atoms with Crippen LogP contribution in [-0.2, 0) is 14.1 Å². The second kappa shape index (κ2) is 4.56. The van der Waals surface area contributed by atoms with Crippen LogP contribution in [0.25, 0.3) is 22.4 Å². The summed E-state index contributed by atoms with van der Waals surface area (Å²) in [5.74, 6) is 0.563. The van der Waals surface area contributed by atoms with Crippen molar-refractivity contribution in [3.05, 3.63) is 44.8 Å². The van der Waals surface area contributed by atoms with E-state index in [1.165, 1.54) is 4.57 Å². The van der Waals surface area contributed by atoms with E-state index in [9.17, 15) is 4.79 Å². The standard InChI is InChI=1S/C14H13BrN4O/c1-8-6-9-12(10(15)7-8)16-13(19(3)14(9)20)11-4-5-18(2)17-11/h4-7H,1-3H3. The van der Waals surface area contributed by atoms with Crippen molar-refractivity contribution < 1.29 is 0 Å². The average Bonchev–Trinajstić information content (AvgIpc) is 2.81. The summed E-state index contributed by atoms with van der Waals surface area (Å²) < 4.78 is 4.05. The fourth-order valence-corrected chi connectivity index (χ4v) is 2.90. The molecule has 0 N–H and O–H groups in total. The van der Waals surface area contributed by atoms with Crippen LogP contribution in [0.2, 0.25) is 0 Å². The quantitative estimate of drug-likeness (QED) is 0.687. The highest BCUT2D eigenvalue weighted by Gasteiger charge is 2.14. The number of aromatic nitrogens is 4. The highest BCUT2D eigenvalue weighted by Crippen LogP contribution is 2.24. The van der Waals surface area contributed by atoms with Crippen molar-refractivity contribution in [2.45, 2.75) is 6.92 Å². The van der Waals surface area contributed by atoms with E-state index in [0.29, 0.717) is 22.4 Å². The summed E-state index contributed by atoms with van der Waals surface area (Å²) in [6.45, 7) is 1.95. The SMILES string of the molecule is Cc1cc(Br)c2nc(-c3ccn(C)n3)n(C)c(=O)c2c1. The maximum Gasteiger partial charge on any atom is 0.261 e. The molecule has 20 heavy (non-hydrogen) atoms. The van der Waals surface area contributed by atoms with Gasteiger partial charge in [-0.15, -0.1) is 0 Å². The summed E-state index contributed by atoms with van der Waals surface area (Å²) in [5, 5.41) is 4.93. The van der Waals surface area contributed by atoms with Crippen LogP contribution >= 0.6 is 15.9 Å². The molecule has 0 aliphatic carbocycles. The first-order valence-corrected chi connectivity index (χ1v) is 6.93. The third kappa shape index (κ3) is 1.96. The lowest BCUT2D eigenvalue weighted by molar-refractivity contribution is 0.761. The van der Waals surface area contributed by atoms with E-state index in [1.54, 1.807) is 11.7 Å². The molecule has 0 aliphatic rings. The summed E-state index contributed by atoms with van der Waals surface area (Å²) in [6.07, 6.45) is 1.83. The molecule has 2 heterocycles. The van der Waals surface area contributed by atoms with Crippen LogP contribution in [-0.4, -0.2) is 19.3 Å². The number of fused-ring (bicyclic) bond motifs is 1. The molecule has 3 rings (SSSR count). The van der Waals surface area contributed by atoms with Crippen molar-refractivity contribution in [1.29, 1.82) is 0 Å². The molecule has 6 heteroatoms. The minimum Gasteiger partial charge on any atom is -0.294 e. The van der Waals surface area contributed by atoms with Gasteiger partial charge in [-0.1, -0.05) is 0 Å². The van der Waals surface area contributed by atoms with Gasteiger partial charge in [0.25, 0.3) is 5.56 Å². The lowest BCUT2D eigenvalue weighted by Gasteiger charge is -2.09. The zero-order valence-electron chi connectivity index (χ0n) is 11.4. The van der Waals surface area contributed by atoms with Gasteiger partial charge in [0.15, 0.2) is 5.82 Å². The largest absolute Gasteiger partial charge is 0.294 e. The van der Waals surface area contributed by atoms with Gasteiger partial charge in [-0.25, -0.2) is 4.98 Å². The smallest absolute Gasteiger partial charge is 0.261 e. The molecule has 0 spiro atoms. The van der Waals surface area contributed by atoms with Gasteiger partial charge in [-0.2, -0.15) is 5.10 Å². The summed E-state index contributed by atoms with van der Waals surface area (Å²) in [6, 6.07) is 5.66. The third-order valence-corrected chi connectivity index (χ3v) is 3.83. The first-order chi connectivity index (χ1) is 9.47. The van der Waals surface area contributed by atoms with Crippen LogP contribution in [0.5, 0.6) is 0 Å². The van der Waals surface area contributed by atoms with Crippen LogP contribution in [0, 0.1) is 6.92 Å². The van der Waals surface area contributed by atoms with Gasteiger partial charge in [0, 0.05) is 24.8 Å². The number of aryl methyl sites for hydroxylation is 2. The molecule has 3 aromatic rings. The lowest BCUT2D eigenvalue weighted by atomic mass is 10.1. The molecule has 0 radical (unpaired) electrons. The number of halogens is 1. The molecule has 0 saturated heterocycles. The Morgan fingerprint density at radius 1 is 1.25 bits per heavy atom. The number of benzene rings is 1. The van der Waals surface area contributed by atoms with Gasteiger partial charge in [0.05, 0.1) is 10.9 Å². The van der Waals surface area contributed by atoms with E-state index in [4.69, 9.17) is 0 Å². The second-order valence-electron chi connectivity index (χ2n) is 4.82. The van der Waals surface area contributed by atoms with E-state index in [0.717, 1.165) is 10.0 Å². The fraction of sp³-hybridized carbons (Fsp3) is 0.214. The van der Waals surface area contributed by atoms with Gasteiger partial charge in [0.1, 0.15) is 5.69 Å². The van der Waals surface area contributed by atoms with Crippen LogP contribution < -0.4 is 5.56 Å². The maximum absolute atomic E-state index is 12.5. The van der Waals surface area contributed by atoms with Gasteiger partial charge in [-0.3, -0.25) is 14.0 Å². The van der Waals surface area contributed by atoms with Crippen molar-refractivity contribution in [2.75, 3.05) is 0 Å². The maximum atomic E-state index is 12.5. The summed E-state index contributed by atoms with van der Waals surface area (Å²) in [5.41, 5.74) is 2.30. The molecule has 0 fully saturated rings. The molecule has 0 aliphatic heterocycles. The van der Waals surface area contributed by atoms with Gasteiger partial charge < -0.3 is 0 Å². The Bertz CT molecular complexity index is 879. The van der Waals surface area contributed by atoms with Gasteiger partial charge in [0.2, 0.25) is 0 Å². The van der Waals surface area contributed by atoms with Gasteiger partial charge >= 0.3 is 0 Å². The molecule has 0 atom stereocenters. The third-order valence-electron chi connectivity index (χ3n) is 3.22. The van der Waals surface area contributed by atoms with Crippen LogP contribution in [0.1, 0.15) is 5.56 Å². The molecular weight excluding hydrogens is 320 g/mol. The Morgan fingerprint density at radius 2 is 2.00 bits per heavy atom. The Hall–Kier alpha value is -1.95. The molecule has 0 saturated carbocycles. The van der Waals surface area contributed by atoms with Crippen molar-refractivity contribution in [3.8, 4) is 11.5 Å². The Morgan fingerprint density at radius 3 is 2.65 bits per heavy atom. The van der Waals surface area contributed by atoms with Gasteiger partial charge in [-0.05, 0) is 46.6 Å². The molecule has 0 unspecified atom stereocenters. The number of hydrogen-bond acceptors (Lipinski definition) is 3. The summed E-state index contributed by atoms with van der Waals surface area (Å²) in [4.78, 5) is 17.1. The van der Waals surface area contributed by atoms with Crippen LogP contribution in [0.3, 0.4) is 0 Å². The molecule has 102 valence electrons. The minimum atomic E-state index is -0.0694. The minimum absolute atomic E-state index is 0.0694. The second-order valence-corrected chi connectivity index (χ2v) is 5.67. The number of hydrogen-bond donors (Lipinski definition) is 0. The Kier molecular flexibility index (Phi) is 2.97. The van der Waals surface area contributed by atoms with Crippen LogP contribution in [0.4, 0.5) is 0 Å². The molecule has 2 aromatic heterocycles. The topological polar surface area (TPSA) is 52.7 Å². The monoisotopic (exact) mass is 332 g/mol. The predicted octanol–water partition coefficient (Wildman–Crippen LogP) is 2.40. The van der Waals surface area contributed by atoms with E-state index >= 15 is 0 Å². The predicted molar refractivity (Wildman–Crippen MR) is 81.6 cm³/mol. The summed E-state index contributed by atoms with van der Waals surface area (Å²) in [7, 11) is 3.55. The van der Waals surface area contributed by atoms with Crippen molar-refractivity contribution in [1.82, 2.24) is 19.3 Å². The molecule has 0 amide bonds. The normalized spacial score (nSPS) is 11.2. The molecule has 5 nitrogen and oxygen atoms in total. The molecule has 1 aromatic carbocycles. The van der Waals surface area contributed by atoms with E-state index in [2.05, 4.69) is 26.0 Å². The lowest BCUT2D eigenvalue weighted by Crippen LogP contribution is -2.20. The van der Waals surface area contributed by atoms with E-state index < -0.39 is 0 Å². The average molecular weight is 333 g/mol. The van der Waals surface area contributed by atoms with E-state index in [-0.39, 0.29) is 5.56 Å². The zero-order valence-corrected chi connectivity index (χ0v) is 13.0. The van der Waals surface area contributed by atoms with Crippen LogP contribution in [0.15, 0.2) is 33.7 Å². The molecule has 0 bridgehead atoms. The zero-order chi connectivity index (χ0) is 14.4. The van der Waals surface area contributed by atoms with Crippen molar-refractivity contribution >= 4 is 26.8 Å². The number of rotatable bonds is 1. The Labute approximate surface area is 124 Å². The Balaban J connectivity index is 2.41. The highest BCUT2D eigenvalue weighted by atomic mass is 79.9. The number of nitrogens with zero attached hydrogens (tertiary/aromatic N) is 4. The fourth-order valence-electron chi connectivity index (χ4n) is 2.23. The summed E-state index contributed by atoms with van der Waals surface area (Å²) >= 11 is 3.48.